The van der Waals surface area contributed by atoms with Crippen molar-refractivity contribution in [3.05, 3.63) is 53.0 Å². The van der Waals surface area contributed by atoms with Gasteiger partial charge in [-0.25, -0.2) is 0 Å². The molecular formula is C16H16N4O2S. The molecular weight excluding hydrogens is 312 g/mol. The molecule has 0 bridgehead atoms. The first kappa shape index (κ1) is 15.4. The molecule has 3 rings (SSSR count). The fraction of sp³-hybridized carbons (Fsp3) is 0.250. The van der Waals surface area contributed by atoms with Crippen LogP contribution >= 0.6 is 11.3 Å². The summed E-state index contributed by atoms with van der Waals surface area (Å²) in [6.07, 6.45) is 0.726. The minimum Gasteiger partial charge on any atom is -0.350 e. The van der Waals surface area contributed by atoms with E-state index in [1.165, 1.54) is 0 Å². The second-order valence-corrected chi connectivity index (χ2v) is 5.98. The molecule has 0 aromatic carbocycles. The summed E-state index contributed by atoms with van der Waals surface area (Å²) in [5.41, 5.74) is 1.78. The Balaban J connectivity index is 1.47. The lowest BCUT2D eigenvalue weighted by Crippen LogP contribution is -2.23. The van der Waals surface area contributed by atoms with Gasteiger partial charge in [-0.2, -0.15) is 4.98 Å². The van der Waals surface area contributed by atoms with Crippen molar-refractivity contribution in [2.24, 2.45) is 0 Å². The number of nitrogens with zero attached hydrogens (tertiary/aromatic N) is 3. The highest BCUT2D eigenvalue weighted by atomic mass is 32.1. The highest BCUT2D eigenvalue weighted by Gasteiger charge is 2.11. The SMILES string of the molecule is Cc1cccc(CNC(=O)CCc2nc(-c3cccs3)no2)n1. The molecule has 3 heterocycles. The molecule has 0 spiro atoms. The average molecular weight is 328 g/mol. The van der Waals surface area contributed by atoms with Gasteiger partial charge in [0, 0.05) is 18.5 Å². The summed E-state index contributed by atoms with van der Waals surface area (Å²) < 4.78 is 5.17. The molecule has 0 aliphatic carbocycles. The Labute approximate surface area is 137 Å². The third-order valence-electron chi connectivity index (χ3n) is 3.19. The van der Waals surface area contributed by atoms with E-state index >= 15 is 0 Å². The van der Waals surface area contributed by atoms with Gasteiger partial charge in [0.25, 0.3) is 0 Å². The van der Waals surface area contributed by atoms with E-state index < -0.39 is 0 Å². The van der Waals surface area contributed by atoms with E-state index in [-0.39, 0.29) is 5.91 Å². The van der Waals surface area contributed by atoms with Crippen molar-refractivity contribution < 1.29 is 9.32 Å². The maximum atomic E-state index is 11.9. The number of carbonyl (C=O) groups excluding carboxylic acids is 1. The topological polar surface area (TPSA) is 80.9 Å². The van der Waals surface area contributed by atoms with Crippen LogP contribution in [0.25, 0.3) is 10.7 Å². The van der Waals surface area contributed by atoms with Gasteiger partial charge in [-0.1, -0.05) is 17.3 Å². The van der Waals surface area contributed by atoms with Crippen LogP contribution in [0.4, 0.5) is 0 Å². The maximum Gasteiger partial charge on any atom is 0.227 e. The van der Waals surface area contributed by atoms with Crippen molar-refractivity contribution in [2.45, 2.75) is 26.3 Å². The Morgan fingerprint density at radius 1 is 1.26 bits per heavy atom. The number of aryl methyl sites for hydroxylation is 2. The van der Waals surface area contributed by atoms with Crippen LogP contribution in [-0.2, 0) is 17.8 Å². The second kappa shape index (κ2) is 7.15. The van der Waals surface area contributed by atoms with Crippen LogP contribution in [0.3, 0.4) is 0 Å². The van der Waals surface area contributed by atoms with E-state index in [0.717, 1.165) is 16.3 Å². The number of aromatic nitrogens is 3. The molecule has 7 heteroatoms. The minimum absolute atomic E-state index is 0.0656. The molecule has 0 radical (unpaired) electrons. The van der Waals surface area contributed by atoms with Crippen molar-refractivity contribution in [1.29, 1.82) is 0 Å². The summed E-state index contributed by atoms with van der Waals surface area (Å²) >= 11 is 1.55. The Hall–Kier alpha value is -2.54. The third-order valence-corrected chi connectivity index (χ3v) is 4.05. The Morgan fingerprint density at radius 2 is 2.17 bits per heavy atom. The molecule has 3 aromatic heterocycles. The Kier molecular flexibility index (Phi) is 4.77. The normalized spacial score (nSPS) is 10.7. The second-order valence-electron chi connectivity index (χ2n) is 5.04. The molecule has 0 saturated heterocycles. The highest BCUT2D eigenvalue weighted by Crippen LogP contribution is 2.21. The molecule has 0 aliphatic heterocycles. The van der Waals surface area contributed by atoms with Crippen LogP contribution in [0, 0.1) is 6.92 Å². The lowest BCUT2D eigenvalue weighted by molar-refractivity contribution is -0.121. The van der Waals surface area contributed by atoms with Crippen LogP contribution < -0.4 is 5.32 Å². The summed E-state index contributed by atoms with van der Waals surface area (Å²) in [6, 6.07) is 9.60. The smallest absolute Gasteiger partial charge is 0.227 e. The van der Waals surface area contributed by atoms with E-state index in [1.807, 2.05) is 42.6 Å². The van der Waals surface area contributed by atoms with Gasteiger partial charge in [0.2, 0.25) is 17.6 Å². The monoisotopic (exact) mass is 328 g/mol. The Bertz CT molecular complexity index is 783. The summed E-state index contributed by atoms with van der Waals surface area (Å²) in [6.45, 7) is 2.34. The zero-order valence-electron chi connectivity index (χ0n) is 12.7. The zero-order valence-corrected chi connectivity index (χ0v) is 13.5. The average Bonchev–Trinajstić information content (AvgIpc) is 3.22. The largest absolute Gasteiger partial charge is 0.350 e. The molecule has 0 atom stereocenters. The summed E-state index contributed by atoms with van der Waals surface area (Å²) in [4.78, 5) is 21.5. The maximum absolute atomic E-state index is 11.9. The third kappa shape index (κ3) is 4.23. The van der Waals surface area contributed by atoms with Crippen LogP contribution in [0.1, 0.15) is 23.7 Å². The van der Waals surface area contributed by atoms with E-state index in [4.69, 9.17) is 4.52 Å². The van der Waals surface area contributed by atoms with E-state index in [2.05, 4.69) is 20.4 Å². The molecule has 0 saturated carbocycles. The van der Waals surface area contributed by atoms with E-state index in [0.29, 0.717) is 31.1 Å². The molecule has 1 N–H and O–H groups in total. The molecule has 0 aliphatic rings. The van der Waals surface area contributed by atoms with Crippen LogP contribution in [0.2, 0.25) is 0 Å². The summed E-state index contributed by atoms with van der Waals surface area (Å²) in [5, 5.41) is 8.72. The zero-order chi connectivity index (χ0) is 16.1. The van der Waals surface area contributed by atoms with E-state index in [9.17, 15) is 4.79 Å². The number of amides is 1. The Morgan fingerprint density at radius 3 is 2.96 bits per heavy atom. The number of hydrogen-bond donors (Lipinski definition) is 1. The molecule has 1 amide bonds. The van der Waals surface area contributed by atoms with Crippen molar-refractivity contribution >= 4 is 17.2 Å². The summed E-state index contributed by atoms with van der Waals surface area (Å²) in [5.74, 6) is 0.973. The molecule has 0 unspecified atom stereocenters. The quantitative estimate of drug-likeness (QED) is 0.752. The van der Waals surface area contributed by atoms with Crippen molar-refractivity contribution in [3.63, 3.8) is 0 Å². The number of carbonyl (C=O) groups is 1. The lowest BCUT2D eigenvalue weighted by atomic mass is 10.2. The fourth-order valence-electron chi connectivity index (χ4n) is 2.06. The molecule has 6 nitrogen and oxygen atoms in total. The van der Waals surface area contributed by atoms with Gasteiger partial charge in [0.15, 0.2) is 0 Å². The molecule has 23 heavy (non-hydrogen) atoms. The van der Waals surface area contributed by atoms with Crippen LogP contribution in [0.5, 0.6) is 0 Å². The number of nitrogens with one attached hydrogen (secondary N) is 1. The van der Waals surface area contributed by atoms with Crippen LogP contribution in [-0.4, -0.2) is 21.0 Å². The summed E-state index contributed by atoms with van der Waals surface area (Å²) in [7, 11) is 0. The van der Waals surface area contributed by atoms with Gasteiger partial charge in [-0.3, -0.25) is 9.78 Å². The molecule has 3 aromatic rings. The predicted octanol–water partition coefficient (Wildman–Crippen LogP) is 2.75. The van der Waals surface area contributed by atoms with Gasteiger partial charge >= 0.3 is 0 Å². The first-order valence-electron chi connectivity index (χ1n) is 7.26. The minimum atomic E-state index is -0.0656. The fourth-order valence-corrected chi connectivity index (χ4v) is 2.71. The number of thiophene rings is 1. The van der Waals surface area contributed by atoms with Gasteiger partial charge in [0.1, 0.15) is 0 Å². The van der Waals surface area contributed by atoms with E-state index in [1.54, 1.807) is 11.3 Å². The van der Waals surface area contributed by atoms with Gasteiger partial charge < -0.3 is 9.84 Å². The van der Waals surface area contributed by atoms with Crippen molar-refractivity contribution in [3.8, 4) is 10.7 Å². The first-order chi connectivity index (χ1) is 11.2. The first-order valence-corrected chi connectivity index (χ1v) is 8.14. The highest BCUT2D eigenvalue weighted by molar-refractivity contribution is 7.13. The molecule has 0 fully saturated rings. The van der Waals surface area contributed by atoms with Crippen molar-refractivity contribution in [1.82, 2.24) is 20.4 Å². The van der Waals surface area contributed by atoms with Crippen LogP contribution in [0.15, 0.2) is 40.2 Å². The lowest BCUT2D eigenvalue weighted by Gasteiger charge is -2.04. The predicted molar refractivity (Wildman–Crippen MR) is 86.8 cm³/mol. The molecule has 118 valence electrons. The number of pyridine rings is 1. The number of hydrogen-bond acceptors (Lipinski definition) is 6. The van der Waals surface area contributed by atoms with Gasteiger partial charge in [0.05, 0.1) is 17.1 Å². The van der Waals surface area contributed by atoms with Crippen molar-refractivity contribution in [2.75, 3.05) is 0 Å². The number of rotatable bonds is 6. The van der Waals surface area contributed by atoms with Gasteiger partial charge in [-0.05, 0) is 30.5 Å². The standard InChI is InChI=1S/C16H16N4O2S/c1-11-4-2-5-12(18-11)10-17-14(21)7-8-15-19-16(20-22-15)13-6-3-9-23-13/h2-6,9H,7-8,10H2,1H3,(H,17,21). The van der Waals surface area contributed by atoms with Gasteiger partial charge in [-0.15, -0.1) is 11.3 Å².